The van der Waals surface area contributed by atoms with Gasteiger partial charge in [-0.05, 0) is 38.0 Å². The molecule has 1 aromatic rings. The fourth-order valence-corrected chi connectivity index (χ4v) is 1.14. The maximum absolute atomic E-state index is 11.5. The molecule has 3 nitrogen and oxygen atoms in total. The minimum Gasteiger partial charge on any atom is -0.462 e. The number of amides is 1. The SMILES string of the molecule is Cc1ccc(/C=C/C(=O)NC(C)C(C)C)o1. The fourth-order valence-electron chi connectivity index (χ4n) is 1.14. The highest BCUT2D eigenvalue weighted by Crippen LogP contribution is 2.07. The Hall–Kier alpha value is -1.51. The van der Waals surface area contributed by atoms with Crippen molar-refractivity contribution in [1.82, 2.24) is 5.32 Å². The molecule has 1 N–H and O–H groups in total. The highest BCUT2D eigenvalue weighted by Gasteiger charge is 2.08. The van der Waals surface area contributed by atoms with E-state index in [9.17, 15) is 4.79 Å². The summed E-state index contributed by atoms with van der Waals surface area (Å²) in [5, 5.41) is 2.89. The number of rotatable bonds is 4. The summed E-state index contributed by atoms with van der Waals surface area (Å²) in [5.41, 5.74) is 0. The van der Waals surface area contributed by atoms with E-state index in [4.69, 9.17) is 4.42 Å². The van der Waals surface area contributed by atoms with E-state index in [1.807, 2.05) is 26.0 Å². The molecule has 1 rings (SSSR count). The van der Waals surface area contributed by atoms with Crippen molar-refractivity contribution < 1.29 is 9.21 Å². The molecule has 0 aliphatic heterocycles. The van der Waals surface area contributed by atoms with Gasteiger partial charge in [-0.25, -0.2) is 0 Å². The number of aryl methyl sites for hydroxylation is 1. The van der Waals surface area contributed by atoms with Crippen LogP contribution in [0.1, 0.15) is 32.3 Å². The third-order valence-electron chi connectivity index (χ3n) is 2.53. The molecule has 1 unspecified atom stereocenters. The Morgan fingerprint density at radius 1 is 1.38 bits per heavy atom. The van der Waals surface area contributed by atoms with Crippen molar-refractivity contribution in [3.05, 3.63) is 29.7 Å². The van der Waals surface area contributed by atoms with E-state index in [-0.39, 0.29) is 11.9 Å². The minimum absolute atomic E-state index is 0.0877. The summed E-state index contributed by atoms with van der Waals surface area (Å²) in [6, 6.07) is 3.88. The lowest BCUT2D eigenvalue weighted by molar-refractivity contribution is -0.117. The summed E-state index contributed by atoms with van der Waals surface area (Å²) < 4.78 is 5.32. The molecule has 0 saturated carbocycles. The molecule has 1 amide bonds. The Morgan fingerprint density at radius 2 is 2.06 bits per heavy atom. The molecule has 0 saturated heterocycles. The van der Waals surface area contributed by atoms with Crippen LogP contribution in [-0.2, 0) is 4.79 Å². The lowest BCUT2D eigenvalue weighted by atomic mass is 10.1. The normalized spacial score (nSPS) is 13.3. The predicted octanol–water partition coefficient (Wildman–Crippen LogP) is 2.76. The molecule has 0 aromatic carbocycles. The Balaban J connectivity index is 2.48. The zero-order valence-corrected chi connectivity index (χ0v) is 10.3. The predicted molar refractivity (Wildman–Crippen MR) is 64.9 cm³/mol. The maximum atomic E-state index is 11.5. The smallest absolute Gasteiger partial charge is 0.244 e. The zero-order valence-electron chi connectivity index (χ0n) is 10.3. The second-order valence-electron chi connectivity index (χ2n) is 4.32. The van der Waals surface area contributed by atoms with Crippen molar-refractivity contribution in [3.63, 3.8) is 0 Å². The van der Waals surface area contributed by atoms with Crippen LogP contribution in [0.5, 0.6) is 0 Å². The maximum Gasteiger partial charge on any atom is 0.244 e. The first-order valence-electron chi connectivity index (χ1n) is 5.54. The Kier molecular flexibility index (Phi) is 4.35. The van der Waals surface area contributed by atoms with E-state index < -0.39 is 0 Å². The number of hydrogen-bond donors (Lipinski definition) is 1. The van der Waals surface area contributed by atoms with Gasteiger partial charge in [-0.2, -0.15) is 0 Å². The average molecular weight is 221 g/mol. The molecule has 16 heavy (non-hydrogen) atoms. The van der Waals surface area contributed by atoms with Crippen LogP contribution in [0.4, 0.5) is 0 Å². The molecule has 0 aliphatic carbocycles. The van der Waals surface area contributed by atoms with Crippen LogP contribution in [0.15, 0.2) is 22.6 Å². The number of carbonyl (C=O) groups excluding carboxylic acids is 1. The first-order chi connectivity index (χ1) is 7.49. The first kappa shape index (κ1) is 12.6. The molecule has 0 bridgehead atoms. The van der Waals surface area contributed by atoms with E-state index in [0.29, 0.717) is 11.7 Å². The number of furan rings is 1. The van der Waals surface area contributed by atoms with Crippen LogP contribution in [0.25, 0.3) is 6.08 Å². The lowest BCUT2D eigenvalue weighted by Crippen LogP contribution is -2.34. The van der Waals surface area contributed by atoms with Gasteiger partial charge in [-0.15, -0.1) is 0 Å². The summed E-state index contributed by atoms with van der Waals surface area (Å²) in [5.74, 6) is 1.89. The molecule has 1 heterocycles. The summed E-state index contributed by atoms with van der Waals surface area (Å²) in [6.45, 7) is 8.01. The fraction of sp³-hybridized carbons (Fsp3) is 0.462. The summed E-state index contributed by atoms with van der Waals surface area (Å²) >= 11 is 0. The largest absolute Gasteiger partial charge is 0.462 e. The topological polar surface area (TPSA) is 42.2 Å². The lowest BCUT2D eigenvalue weighted by Gasteiger charge is -2.15. The summed E-state index contributed by atoms with van der Waals surface area (Å²) in [6.07, 6.45) is 3.17. The molecular formula is C13H19NO2. The van der Waals surface area contributed by atoms with Gasteiger partial charge in [0.15, 0.2) is 0 Å². The first-order valence-corrected chi connectivity index (χ1v) is 5.54. The van der Waals surface area contributed by atoms with Crippen LogP contribution in [0.3, 0.4) is 0 Å². The van der Waals surface area contributed by atoms with Crippen molar-refractivity contribution >= 4 is 12.0 Å². The van der Waals surface area contributed by atoms with Crippen molar-refractivity contribution in [2.75, 3.05) is 0 Å². The van der Waals surface area contributed by atoms with E-state index in [1.165, 1.54) is 6.08 Å². The third-order valence-corrected chi connectivity index (χ3v) is 2.53. The van der Waals surface area contributed by atoms with Crippen LogP contribution >= 0.6 is 0 Å². The van der Waals surface area contributed by atoms with E-state index >= 15 is 0 Å². The van der Waals surface area contributed by atoms with Crippen molar-refractivity contribution in [2.45, 2.75) is 33.7 Å². The number of carbonyl (C=O) groups is 1. The standard InChI is InChI=1S/C13H19NO2/c1-9(2)11(4)14-13(15)8-7-12-6-5-10(3)16-12/h5-9,11H,1-4H3,(H,14,15)/b8-7+. The van der Waals surface area contributed by atoms with E-state index in [2.05, 4.69) is 19.2 Å². The van der Waals surface area contributed by atoms with Crippen molar-refractivity contribution in [2.24, 2.45) is 5.92 Å². The van der Waals surface area contributed by atoms with Gasteiger partial charge < -0.3 is 9.73 Å². The quantitative estimate of drug-likeness (QED) is 0.794. The van der Waals surface area contributed by atoms with Gasteiger partial charge in [0, 0.05) is 12.1 Å². The monoisotopic (exact) mass is 221 g/mol. The number of nitrogens with one attached hydrogen (secondary N) is 1. The molecular weight excluding hydrogens is 202 g/mol. The Bertz CT molecular complexity index is 377. The van der Waals surface area contributed by atoms with Crippen LogP contribution < -0.4 is 5.32 Å². The van der Waals surface area contributed by atoms with Crippen molar-refractivity contribution in [1.29, 1.82) is 0 Å². The molecule has 0 radical (unpaired) electrons. The summed E-state index contributed by atoms with van der Waals surface area (Å²) in [4.78, 5) is 11.5. The van der Waals surface area contributed by atoms with Gasteiger partial charge in [0.2, 0.25) is 5.91 Å². The average Bonchev–Trinajstić information content (AvgIpc) is 2.61. The summed E-state index contributed by atoms with van der Waals surface area (Å²) in [7, 11) is 0. The molecule has 88 valence electrons. The molecule has 1 atom stereocenters. The Morgan fingerprint density at radius 3 is 2.56 bits per heavy atom. The third kappa shape index (κ3) is 3.93. The van der Waals surface area contributed by atoms with Gasteiger partial charge >= 0.3 is 0 Å². The molecule has 1 aromatic heterocycles. The molecule has 0 aliphatic rings. The second kappa shape index (κ2) is 5.54. The zero-order chi connectivity index (χ0) is 12.1. The molecule has 0 spiro atoms. The van der Waals surface area contributed by atoms with Gasteiger partial charge in [0.05, 0.1) is 0 Å². The highest BCUT2D eigenvalue weighted by atomic mass is 16.3. The highest BCUT2D eigenvalue weighted by molar-refractivity contribution is 5.91. The molecule has 0 fully saturated rings. The van der Waals surface area contributed by atoms with Gasteiger partial charge in [0.1, 0.15) is 11.5 Å². The minimum atomic E-state index is -0.0877. The molecule has 3 heteroatoms. The second-order valence-corrected chi connectivity index (χ2v) is 4.32. The number of hydrogen-bond acceptors (Lipinski definition) is 2. The Labute approximate surface area is 96.5 Å². The van der Waals surface area contributed by atoms with Crippen LogP contribution in [-0.4, -0.2) is 11.9 Å². The van der Waals surface area contributed by atoms with Crippen LogP contribution in [0, 0.1) is 12.8 Å². The van der Waals surface area contributed by atoms with E-state index in [0.717, 1.165) is 5.76 Å². The van der Waals surface area contributed by atoms with Crippen LogP contribution in [0.2, 0.25) is 0 Å². The van der Waals surface area contributed by atoms with E-state index in [1.54, 1.807) is 6.08 Å². The van der Waals surface area contributed by atoms with Crippen molar-refractivity contribution in [3.8, 4) is 0 Å². The van der Waals surface area contributed by atoms with Gasteiger partial charge in [0.25, 0.3) is 0 Å². The van der Waals surface area contributed by atoms with Gasteiger partial charge in [-0.3, -0.25) is 4.79 Å². The van der Waals surface area contributed by atoms with Gasteiger partial charge in [-0.1, -0.05) is 13.8 Å².